The molecule has 0 radical (unpaired) electrons. The van der Waals surface area contributed by atoms with E-state index in [1.807, 2.05) is 19.1 Å². The van der Waals surface area contributed by atoms with Crippen molar-refractivity contribution in [1.29, 1.82) is 0 Å². The summed E-state index contributed by atoms with van der Waals surface area (Å²) in [4.78, 5) is 8.85. The fourth-order valence-electron chi connectivity index (χ4n) is 2.23. The van der Waals surface area contributed by atoms with E-state index in [9.17, 15) is 0 Å². The molecule has 0 spiro atoms. The molecule has 0 aromatic carbocycles. The van der Waals surface area contributed by atoms with Crippen LogP contribution in [0.25, 0.3) is 5.57 Å². The average Bonchev–Trinajstić information content (AvgIpc) is 3.34. The van der Waals surface area contributed by atoms with Crippen molar-refractivity contribution in [2.24, 2.45) is 0 Å². The van der Waals surface area contributed by atoms with Crippen LogP contribution in [0.4, 0.5) is 11.6 Å². The van der Waals surface area contributed by atoms with Crippen LogP contribution in [0.5, 0.6) is 0 Å². The summed E-state index contributed by atoms with van der Waals surface area (Å²) >= 11 is 6.23. The van der Waals surface area contributed by atoms with E-state index in [2.05, 4.69) is 45.4 Å². The molecule has 1 aliphatic rings. The highest BCUT2D eigenvalue weighted by molar-refractivity contribution is 6.32. The van der Waals surface area contributed by atoms with E-state index in [4.69, 9.17) is 11.6 Å². The number of halogens is 1. The minimum absolute atomic E-state index is 0.475. The van der Waals surface area contributed by atoms with Crippen molar-refractivity contribution in [2.75, 3.05) is 5.32 Å². The van der Waals surface area contributed by atoms with Gasteiger partial charge in [0.1, 0.15) is 5.02 Å². The highest BCUT2D eigenvalue weighted by atomic mass is 35.5. The lowest BCUT2D eigenvalue weighted by Gasteiger charge is -2.07. The largest absolute Gasteiger partial charge is 0.322 e. The number of nitrogens with zero attached hydrogens (tertiary/aromatic N) is 3. The van der Waals surface area contributed by atoms with Crippen molar-refractivity contribution < 1.29 is 0 Å². The van der Waals surface area contributed by atoms with Gasteiger partial charge in [0.2, 0.25) is 0 Å². The van der Waals surface area contributed by atoms with Gasteiger partial charge in [0.25, 0.3) is 0 Å². The van der Waals surface area contributed by atoms with Gasteiger partial charge in [0.05, 0.1) is 6.20 Å². The van der Waals surface area contributed by atoms with Gasteiger partial charge in [-0.3, -0.25) is 5.10 Å². The zero-order chi connectivity index (χ0) is 17.1. The third-order valence-corrected chi connectivity index (χ3v) is 4.41. The molecule has 0 aliphatic heterocycles. The van der Waals surface area contributed by atoms with Crippen LogP contribution in [-0.2, 0) is 0 Å². The maximum Gasteiger partial charge on any atom is 0.157 e. The Balaban J connectivity index is 1.80. The second kappa shape index (κ2) is 7.18. The molecule has 0 amide bonds. The summed E-state index contributed by atoms with van der Waals surface area (Å²) in [5.41, 5.74) is 3.47. The maximum atomic E-state index is 6.23. The Morgan fingerprint density at radius 3 is 2.88 bits per heavy atom. The number of H-pyrrole nitrogens is 1. The van der Waals surface area contributed by atoms with Crippen LogP contribution in [-0.4, -0.2) is 20.2 Å². The van der Waals surface area contributed by atoms with E-state index in [-0.39, 0.29) is 0 Å². The lowest BCUT2D eigenvalue weighted by Crippen LogP contribution is -2.00. The molecule has 5 nitrogen and oxygen atoms in total. The van der Waals surface area contributed by atoms with Gasteiger partial charge in [-0.05, 0) is 38.7 Å². The lowest BCUT2D eigenvalue weighted by molar-refractivity contribution is 0.966. The molecule has 0 saturated heterocycles. The fourth-order valence-corrected chi connectivity index (χ4v) is 2.37. The second-order valence-electron chi connectivity index (χ2n) is 6.21. The molecular formula is C18H22ClN5. The predicted octanol–water partition coefficient (Wildman–Crippen LogP) is 5.23. The van der Waals surface area contributed by atoms with Gasteiger partial charge in [-0.25, -0.2) is 9.97 Å². The normalized spacial score (nSPS) is 15.7. The van der Waals surface area contributed by atoms with Crippen LogP contribution in [0.3, 0.4) is 0 Å². The minimum atomic E-state index is 0.475. The van der Waals surface area contributed by atoms with E-state index in [1.165, 1.54) is 24.1 Å². The molecule has 0 bridgehead atoms. The van der Waals surface area contributed by atoms with E-state index in [1.54, 1.807) is 6.20 Å². The molecule has 1 aliphatic carbocycles. The highest BCUT2D eigenvalue weighted by Crippen LogP contribution is 2.39. The number of allylic oxidation sites excluding steroid dienone is 4. The molecule has 2 N–H and O–H groups in total. The van der Waals surface area contributed by atoms with Crippen molar-refractivity contribution in [1.82, 2.24) is 20.2 Å². The first kappa shape index (κ1) is 16.7. The summed E-state index contributed by atoms with van der Waals surface area (Å²) in [5.74, 6) is 2.58. The highest BCUT2D eigenvalue weighted by Gasteiger charge is 2.25. The lowest BCUT2D eigenvalue weighted by atomic mass is 10.2. The van der Waals surface area contributed by atoms with Crippen LogP contribution in [0.2, 0.25) is 5.02 Å². The quantitative estimate of drug-likeness (QED) is 0.704. The van der Waals surface area contributed by atoms with Crippen LogP contribution >= 0.6 is 11.6 Å². The molecule has 2 aromatic rings. The number of hydrogen-bond donors (Lipinski definition) is 2. The molecule has 126 valence electrons. The summed E-state index contributed by atoms with van der Waals surface area (Å²) in [7, 11) is 0. The van der Waals surface area contributed by atoms with Crippen molar-refractivity contribution in [2.45, 2.75) is 46.0 Å². The number of aromatic nitrogens is 4. The van der Waals surface area contributed by atoms with Crippen molar-refractivity contribution >= 4 is 28.8 Å². The Labute approximate surface area is 147 Å². The number of rotatable bonds is 6. The zero-order valence-corrected chi connectivity index (χ0v) is 15.0. The Morgan fingerprint density at radius 1 is 1.38 bits per heavy atom. The molecule has 3 rings (SSSR count). The molecule has 6 heteroatoms. The maximum absolute atomic E-state index is 6.23. The topological polar surface area (TPSA) is 66.5 Å². The Kier molecular flexibility index (Phi) is 5.00. The molecule has 24 heavy (non-hydrogen) atoms. The van der Waals surface area contributed by atoms with Crippen LogP contribution < -0.4 is 5.32 Å². The van der Waals surface area contributed by atoms with E-state index in [0.717, 1.165) is 17.8 Å². The second-order valence-corrected chi connectivity index (χ2v) is 6.62. The number of anilines is 2. The first-order chi connectivity index (χ1) is 11.6. The molecule has 0 atom stereocenters. The predicted molar refractivity (Wildman–Crippen MR) is 98.6 cm³/mol. The number of aromatic amines is 1. The Bertz CT molecular complexity index is 786. The Hall–Kier alpha value is -2.14. The number of hydrogen-bond acceptors (Lipinski definition) is 4. The standard InChI is InChI=1S/C18H22ClN5/c1-4-11(2)5-6-12(3)17-20-10-14(19)18(22-17)21-16-9-15(23-24-16)13-7-8-13/h5-6,9-10,13H,4,7-8H2,1-3H3,(H2,20,21,22,23,24)/b11-5+,12-6+. The van der Waals surface area contributed by atoms with Gasteiger partial charge < -0.3 is 5.32 Å². The van der Waals surface area contributed by atoms with E-state index in [0.29, 0.717) is 22.6 Å². The van der Waals surface area contributed by atoms with Crippen molar-refractivity contribution in [3.63, 3.8) is 0 Å². The zero-order valence-electron chi connectivity index (χ0n) is 14.2. The first-order valence-electron chi connectivity index (χ1n) is 8.26. The van der Waals surface area contributed by atoms with Gasteiger partial charge in [0, 0.05) is 17.7 Å². The van der Waals surface area contributed by atoms with Crippen molar-refractivity contribution in [3.8, 4) is 0 Å². The molecule has 1 fully saturated rings. The summed E-state index contributed by atoms with van der Waals surface area (Å²) < 4.78 is 0. The molecule has 2 heterocycles. The monoisotopic (exact) mass is 343 g/mol. The average molecular weight is 344 g/mol. The van der Waals surface area contributed by atoms with Crippen LogP contribution in [0.1, 0.15) is 57.5 Å². The minimum Gasteiger partial charge on any atom is -0.322 e. The fraction of sp³-hybridized carbons (Fsp3) is 0.389. The summed E-state index contributed by atoms with van der Waals surface area (Å²) in [6.07, 6.45) is 9.24. The van der Waals surface area contributed by atoms with Gasteiger partial charge in [0.15, 0.2) is 17.5 Å². The van der Waals surface area contributed by atoms with Gasteiger partial charge in [-0.1, -0.05) is 36.2 Å². The summed E-state index contributed by atoms with van der Waals surface area (Å²) in [5, 5.41) is 11.0. The van der Waals surface area contributed by atoms with Crippen LogP contribution in [0, 0.1) is 0 Å². The van der Waals surface area contributed by atoms with Crippen molar-refractivity contribution in [3.05, 3.63) is 46.5 Å². The van der Waals surface area contributed by atoms with Gasteiger partial charge >= 0.3 is 0 Å². The smallest absolute Gasteiger partial charge is 0.157 e. The molecule has 2 aromatic heterocycles. The summed E-state index contributed by atoms with van der Waals surface area (Å²) in [6, 6.07) is 2.02. The SMILES string of the molecule is CC/C(C)=C/C=C(\C)c1ncc(Cl)c(Nc2cc(C3CC3)[nH]n2)n1. The molecular weight excluding hydrogens is 322 g/mol. The molecule has 0 unspecified atom stereocenters. The third kappa shape index (κ3) is 4.03. The van der Waals surface area contributed by atoms with Gasteiger partial charge in [-0.15, -0.1) is 0 Å². The summed E-state index contributed by atoms with van der Waals surface area (Å²) in [6.45, 7) is 6.23. The Morgan fingerprint density at radius 2 is 2.17 bits per heavy atom. The van der Waals surface area contributed by atoms with E-state index < -0.39 is 0 Å². The first-order valence-corrected chi connectivity index (χ1v) is 8.64. The van der Waals surface area contributed by atoms with Crippen LogP contribution in [0.15, 0.2) is 30.0 Å². The van der Waals surface area contributed by atoms with Gasteiger partial charge in [-0.2, -0.15) is 5.10 Å². The third-order valence-electron chi connectivity index (χ3n) is 4.13. The van der Waals surface area contributed by atoms with E-state index >= 15 is 0 Å². The number of nitrogens with one attached hydrogen (secondary N) is 2. The molecule has 1 saturated carbocycles.